The molecule has 4 nitrogen and oxygen atoms in total. The highest BCUT2D eigenvalue weighted by Crippen LogP contribution is 2.47. The summed E-state index contributed by atoms with van der Waals surface area (Å²) in [5.74, 6) is 0. The highest BCUT2D eigenvalue weighted by Gasteiger charge is 2.47. The Morgan fingerprint density at radius 1 is 0.889 bits per heavy atom. The number of nitrogens with one attached hydrogen (secondary N) is 1. The number of hydrogen-bond donors (Lipinski definition) is 1. The van der Waals surface area contributed by atoms with Crippen molar-refractivity contribution in [2.24, 2.45) is 0 Å². The number of aromatic nitrogens is 1. The average molecular weight is 383 g/mol. The molecule has 5 heteroatoms. The Hall–Kier alpha value is -2.14. The number of benzene rings is 1. The second-order valence-electron chi connectivity index (χ2n) is 8.43. The molecule has 27 heavy (non-hydrogen) atoms. The van der Waals surface area contributed by atoms with E-state index in [9.17, 15) is 9.59 Å². The van der Waals surface area contributed by atoms with Crippen molar-refractivity contribution in [1.29, 1.82) is 0 Å². The molecule has 0 atom stereocenters. The second kappa shape index (κ2) is 6.79. The minimum atomic E-state index is -2.11. The fourth-order valence-electron chi connectivity index (χ4n) is 5.41. The molecule has 0 aliphatic carbocycles. The van der Waals surface area contributed by atoms with Crippen LogP contribution in [0.2, 0.25) is 16.6 Å². The second-order valence-corrected chi connectivity index (χ2v) is 14.1. The lowest BCUT2D eigenvalue weighted by Crippen LogP contribution is -2.52. The van der Waals surface area contributed by atoms with Gasteiger partial charge in [0.1, 0.15) is 0 Å². The Balaban J connectivity index is 2.50. The molecule has 0 aliphatic rings. The van der Waals surface area contributed by atoms with Crippen LogP contribution in [0.3, 0.4) is 0 Å². The minimum Gasteiger partial charge on any atom is -0.384 e. The summed E-state index contributed by atoms with van der Waals surface area (Å²) < 4.78 is 2.49. The van der Waals surface area contributed by atoms with E-state index in [1.807, 2.05) is 6.07 Å². The van der Waals surface area contributed by atoms with Crippen LogP contribution in [0.1, 0.15) is 41.5 Å². The standard InChI is InChI=1S/C22H30N2O2Si/c1-13(2)27(14(3)4,15(5)6)24-17-11-9-8-10-16(17)12-18(24)19-20(23-7)22(26)21(19)25/h8-15,23H,1-7H3. The summed E-state index contributed by atoms with van der Waals surface area (Å²) in [6, 6.07) is 10.4. The summed E-state index contributed by atoms with van der Waals surface area (Å²) in [4.78, 5) is 24.6. The fraction of sp³-hybridized carbons (Fsp3) is 0.455. The predicted octanol–water partition coefficient (Wildman–Crippen LogP) is 4.97. The van der Waals surface area contributed by atoms with Crippen molar-refractivity contribution < 1.29 is 0 Å². The first-order valence-corrected chi connectivity index (χ1v) is 12.0. The van der Waals surface area contributed by atoms with Gasteiger partial charge in [0.15, 0.2) is 8.24 Å². The summed E-state index contributed by atoms with van der Waals surface area (Å²) in [6.45, 7) is 13.9. The maximum absolute atomic E-state index is 12.6. The van der Waals surface area contributed by atoms with E-state index in [2.05, 4.69) is 75.4 Å². The van der Waals surface area contributed by atoms with E-state index < -0.39 is 13.7 Å². The van der Waals surface area contributed by atoms with Crippen LogP contribution in [-0.2, 0) is 0 Å². The van der Waals surface area contributed by atoms with Gasteiger partial charge in [0.05, 0.1) is 11.3 Å². The molecule has 0 saturated carbocycles. The molecule has 144 valence electrons. The van der Waals surface area contributed by atoms with E-state index in [1.54, 1.807) is 7.05 Å². The van der Waals surface area contributed by atoms with Gasteiger partial charge in [-0.05, 0) is 34.1 Å². The predicted molar refractivity (Wildman–Crippen MR) is 118 cm³/mol. The first-order chi connectivity index (χ1) is 12.7. The third-order valence-corrected chi connectivity index (χ3v) is 13.1. The summed E-state index contributed by atoms with van der Waals surface area (Å²) in [6.07, 6.45) is 0. The monoisotopic (exact) mass is 382 g/mol. The van der Waals surface area contributed by atoms with Crippen LogP contribution in [-0.4, -0.2) is 19.5 Å². The molecule has 3 aromatic rings. The summed E-state index contributed by atoms with van der Waals surface area (Å²) in [5.41, 5.74) is 3.75. The van der Waals surface area contributed by atoms with E-state index in [0.29, 0.717) is 27.9 Å². The number of nitrogens with zero attached hydrogens (tertiary/aromatic N) is 1. The molecule has 1 N–H and O–H groups in total. The zero-order chi connectivity index (χ0) is 20.1. The molecule has 0 aliphatic heterocycles. The van der Waals surface area contributed by atoms with Gasteiger partial charge in [-0.25, -0.2) is 0 Å². The number of fused-ring (bicyclic) bond motifs is 1. The van der Waals surface area contributed by atoms with Gasteiger partial charge in [-0.15, -0.1) is 0 Å². The molecule has 0 spiro atoms. The highest BCUT2D eigenvalue weighted by molar-refractivity contribution is 6.83. The molecule has 0 fully saturated rings. The van der Waals surface area contributed by atoms with Crippen molar-refractivity contribution in [3.8, 4) is 11.3 Å². The zero-order valence-corrected chi connectivity index (χ0v) is 18.4. The maximum Gasteiger partial charge on any atom is 0.250 e. The van der Waals surface area contributed by atoms with Gasteiger partial charge < -0.3 is 9.55 Å². The maximum atomic E-state index is 12.6. The Morgan fingerprint density at radius 3 is 1.96 bits per heavy atom. The first-order valence-electron chi connectivity index (χ1n) is 9.81. The van der Waals surface area contributed by atoms with Gasteiger partial charge in [-0.3, -0.25) is 9.59 Å². The van der Waals surface area contributed by atoms with Gasteiger partial charge in [0, 0.05) is 18.3 Å². The van der Waals surface area contributed by atoms with Crippen molar-refractivity contribution in [2.45, 2.75) is 58.2 Å². The third kappa shape index (κ3) is 2.55. The van der Waals surface area contributed by atoms with Crippen molar-refractivity contribution in [2.75, 3.05) is 12.4 Å². The molecule has 0 amide bonds. The van der Waals surface area contributed by atoms with Crippen molar-refractivity contribution >= 4 is 24.8 Å². The molecule has 0 radical (unpaired) electrons. The van der Waals surface area contributed by atoms with E-state index in [0.717, 1.165) is 11.1 Å². The molecule has 2 aromatic carbocycles. The van der Waals surface area contributed by atoms with Gasteiger partial charge in [0.25, 0.3) is 0 Å². The van der Waals surface area contributed by atoms with Crippen molar-refractivity contribution in [1.82, 2.24) is 4.23 Å². The zero-order valence-electron chi connectivity index (χ0n) is 17.4. The topological polar surface area (TPSA) is 51.1 Å². The van der Waals surface area contributed by atoms with Crippen LogP contribution < -0.4 is 16.2 Å². The SMILES string of the molecule is CNc1c(-c2cc3ccccc3n2[Si](C(C)C)(C(C)C)C(C)C)c(=O)c1=O. The molecule has 0 unspecified atom stereocenters. The molecule has 0 saturated heterocycles. The summed E-state index contributed by atoms with van der Waals surface area (Å²) in [7, 11) is -0.395. The molecule has 1 heterocycles. The van der Waals surface area contributed by atoms with Crippen LogP contribution in [0.4, 0.5) is 5.69 Å². The molecule has 3 rings (SSSR count). The number of para-hydroxylation sites is 1. The smallest absolute Gasteiger partial charge is 0.250 e. The lowest BCUT2D eigenvalue weighted by atomic mass is 10.0. The van der Waals surface area contributed by atoms with Crippen LogP contribution >= 0.6 is 0 Å². The van der Waals surface area contributed by atoms with Crippen LogP contribution in [0, 0.1) is 0 Å². The lowest BCUT2D eigenvalue weighted by Gasteiger charge is -2.45. The Bertz CT molecular complexity index is 1030. The Labute approximate surface area is 162 Å². The van der Waals surface area contributed by atoms with E-state index in [1.165, 1.54) is 5.52 Å². The highest BCUT2D eigenvalue weighted by atomic mass is 28.3. The Kier molecular flexibility index (Phi) is 4.93. The molecular formula is C22H30N2O2Si. The van der Waals surface area contributed by atoms with Gasteiger partial charge in [-0.2, -0.15) is 0 Å². The number of rotatable bonds is 6. The average Bonchev–Trinajstić information content (AvgIpc) is 2.97. The van der Waals surface area contributed by atoms with Crippen LogP contribution in [0.5, 0.6) is 0 Å². The van der Waals surface area contributed by atoms with Gasteiger partial charge in [0.2, 0.25) is 10.9 Å². The Morgan fingerprint density at radius 2 is 1.44 bits per heavy atom. The number of anilines is 1. The van der Waals surface area contributed by atoms with Gasteiger partial charge in [-0.1, -0.05) is 59.7 Å². The molecule has 0 bridgehead atoms. The van der Waals surface area contributed by atoms with Crippen molar-refractivity contribution in [3.05, 3.63) is 50.8 Å². The molecular weight excluding hydrogens is 352 g/mol. The first kappa shape index (κ1) is 19.6. The van der Waals surface area contributed by atoms with E-state index >= 15 is 0 Å². The van der Waals surface area contributed by atoms with Crippen LogP contribution in [0.15, 0.2) is 39.9 Å². The normalized spacial score (nSPS) is 12.8. The lowest BCUT2D eigenvalue weighted by molar-refractivity contribution is 0.774. The summed E-state index contributed by atoms with van der Waals surface area (Å²) >= 11 is 0. The minimum absolute atomic E-state index is 0.373. The summed E-state index contributed by atoms with van der Waals surface area (Å²) in [5, 5.41) is 4.08. The number of hydrogen-bond acceptors (Lipinski definition) is 3. The quantitative estimate of drug-likeness (QED) is 0.484. The van der Waals surface area contributed by atoms with Crippen molar-refractivity contribution in [3.63, 3.8) is 0 Å². The molecule has 1 aromatic heterocycles. The van der Waals surface area contributed by atoms with E-state index in [4.69, 9.17) is 0 Å². The third-order valence-electron chi connectivity index (χ3n) is 6.29. The fourth-order valence-corrected chi connectivity index (χ4v) is 12.2. The largest absolute Gasteiger partial charge is 0.384 e. The van der Waals surface area contributed by atoms with E-state index in [-0.39, 0.29) is 5.43 Å². The van der Waals surface area contributed by atoms with Gasteiger partial charge >= 0.3 is 0 Å². The van der Waals surface area contributed by atoms with Crippen LogP contribution in [0.25, 0.3) is 22.2 Å².